The van der Waals surface area contributed by atoms with Gasteiger partial charge < -0.3 is 9.29 Å². The van der Waals surface area contributed by atoms with E-state index in [1.54, 1.807) is 12.1 Å². The van der Waals surface area contributed by atoms with Crippen LogP contribution in [0.3, 0.4) is 0 Å². The molecule has 0 aromatic heterocycles. The van der Waals surface area contributed by atoms with Crippen molar-refractivity contribution in [2.24, 2.45) is 0 Å². The Morgan fingerprint density at radius 1 is 1.16 bits per heavy atom. The average molecular weight is 272 g/mol. The van der Waals surface area contributed by atoms with Crippen LogP contribution in [0.4, 0.5) is 0 Å². The Labute approximate surface area is 114 Å². The molecule has 0 aliphatic carbocycles. The summed E-state index contributed by atoms with van der Waals surface area (Å²) in [4.78, 5) is 13.1. The molecular weight excluding hydrogens is 260 g/mol. The monoisotopic (exact) mass is 272 g/mol. The number of hydrogen-bond donors (Lipinski definition) is 0. The fourth-order valence-electron chi connectivity index (χ4n) is 2.27. The second-order valence-corrected chi connectivity index (χ2v) is 5.78. The Morgan fingerprint density at radius 2 is 1.89 bits per heavy atom. The Hall–Kier alpha value is -1.78. The molecule has 0 bridgehead atoms. The van der Waals surface area contributed by atoms with E-state index in [2.05, 4.69) is 0 Å². The first-order chi connectivity index (χ1) is 9.20. The lowest BCUT2D eigenvalue weighted by Gasteiger charge is -2.21. The lowest BCUT2D eigenvalue weighted by Crippen LogP contribution is -2.15. The van der Waals surface area contributed by atoms with Gasteiger partial charge >= 0.3 is 5.97 Å². The number of esters is 1. The summed E-state index contributed by atoms with van der Waals surface area (Å²) in [6, 6.07) is 12.9. The molecule has 0 N–H and O–H groups in total. The first-order valence-electron chi connectivity index (χ1n) is 5.91. The van der Waals surface area contributed by atoms with E-state index in [0.29, 0.717) is 10.5 Å². The van der Waals surface area contributed by atoms with Gasteiger partial charge in [0.2, 0.25) is 0 Å². The molecule has 0 amide bonds. The van der Waals surface area contributed by atoms with Crippen molar-refractivity contribution in [2.45, 2.75) is 16.2 Å². The Bertz CT molecular complexity index is 652. The van der Waals surface area contributed by atoms with E-state index < -0.39 is 17.1 Å². The van der Waals surface area contributed by atoms with E-state index in [-0.39, 0.29) is 0 Å². The summed E-state index contributed by atoms with van der Waals surface area (Å²) in [5, 5.41) is 0. The van der Waals surface area contributed by atoms with Crippen LogP contribution >= 0.6 is 0 Å². The predicted octanol–water partition coefficient (Wildman–Crippen LogP) is 2.54. The van der Waals surface area contributed by atoms with Crippen LogP contribution in [0.5, 0.6) is 0 Å². The number of benzene rings is 2. The maximum Gasteiger partial charge on any atom is 0.338 e. The van der Waals surface area contributed by atoms with Crippen molar-refractivity contribution < 1.29 is 14.1 Å². The largest absolute Gasteiger partial charge is 0.606 e. The van der Waals surface area contributed by atoms with Crippen molar-refractivity contribution in [2.75, 3.05) is 7.11 Å². The van der Waals surface area contributed by atoms with Crippen LogP contribution < -0.4 is 0 Å². The molecule has 0 radical (unpaired) electrons. The van der Waals surface area contributed by atoms with Gasteiger partial charge in [0.1, 0.15) is 0 Å². The highest BCUT2D eigenvalue weighted by molar-refractivity contribution is 7.91. The first kappa shape index (κ1) is 12.3. The van der Waals surface area contributed by atoms with Gasteiger partial charge in [0, 0.05) is 34.8 Å². The van der Waals surface area contributed by atoms with Crippen molar-refractivity contribution in [1.29, 1.82) is 0 Å². The molecule has 0 spiro atoms. The van der Waals surface area contributed by atoms with Crippen LogP contribution in [0.1, 0.15) is 21.5 Å². The molecular formula is C15H12O3S. The number of methoxy groups -OCH3 is 1. The fourth-order valence-corrected chi connectivity index (χ4v) is 3.70. The smallest absolute Gasteiger partial charge is 0.338 e. The first-order valence-corrected chi connectivity index (χ1v) is 7.06. The summed E-state index contributed by atoms with van der Waals surface area (Å²) in [6.45, 7) is 0. The zero-order chi connectivity index (χ0) is 13.4. The van der Waals surface area contributed by atoms with E-state index in [0.717, 1.165) is 22.4 Å². The number of fused-ring (bicyclic) bond motifs is 2. The van der Waals surface area contributed by atoms with Gasteiger partial charge in [-0.25, -0.2) is 4.79 Å². The highest BCUT2D eigenvalue weighted by atomic mass is 32.2. The summed E-state index contributed by atoms with van der Waals surface area (Å²) >= 11 is -1.23. The third-order valence-electron chi connectivity index (χ3n) is 3.24. The van der Waals surface area contributed by atoms with Gasteiger partial charge in [0.15, 0.2) is 9.79 Å². The molecule has 2 aromatic carbocycles. The van der Waals surface area contributed by atoms with E-state index in [1.807, 2.05) is 30.3 Å². The molecule has 0 saturated carbocycles. The molecule has 1 unspecified atom stereocenters. The zero-order valence-corrected chi connectivity index (χ0v) is 11.2. The molecule has 1 aliphatic rings. The molecule has 1 aliphatic heterocycles. The molecule has 3 rings (SSSR count). The van der Waals surface area contributed by atoms with Crippen molar-refractivity contribution in [3.8, 4) is 0 Å². The molecule has 3 nitrogen and oxygen atoms in total. The number of carbonyl (C=O) groups is 1. The minimum absolute atomic E-state index is 0.404. The summed E-state index contributed by atoms with van der Waals surface area (Å²) in [5.41, 5.74) is 2.53. The van der Waals surface area contributed by atoms with Crippen LogP contribution in [0, 0.1) is 0 Å². The van der Waals surface area contributed by atoms with Crippen LogP contribution in [0.25, 0.3) is 0 Å². The Balaban J connectivity index is 2.09. The Morgan fingerprint density at radius 3 is 2.68 bits per heavy atom. The molecule has 4 heteroatoms. The fraction of sp³-hybridized carbons (Fsp3) is 0.133. The van der Waals surface area contributed by atoms with Crippen LogP contribution in [-0.2, 0) is 22.3 Å². The molecule has 19 heavy (non-hydrogen) atoms. The summed E-state index contributed by atoms with van der Waals surface area (Å²) < 4.78 is 17.2. The zero-order valence-electron chi connectivity index (χ0n) is 10.4. The van der Waals surface area contributed by atoms with E-state index in [4.69, 9.17) is 4.74 Å². The van der Waals surface area contributed by atoms with Gasteiger partial charge in [-0.1, -0.05) is 24.3 Å². The lowest BCUT2D eigenvalue weighted by molar-refractivity contribution is 0.0600. The van der Waals surface area contributed by atoms with Gasteiger partial charge in [-0.3, -0.25) is 0 Å². The van der Waals surface area contributed by atoms with Gasteiger partial charge in [-0.2, -0.15) is 0 Å². The van der Waals surface area contributed by atoms with Crippen molar-refractivity contribution >= 4 is 17.1 Å². The van der Waals surface area contributed by atoms with Crippen LogP contribution in [0.15, 0.2) is 52.3 Å². The SMILES string of the molecule is COC(=O)c1ccc2c(c1)[S+]([O-])c1ccccc1C2. The number of hydrogen-bond acceptors (Lipinski definition) is 3. The molecule has 96 valence electrons. The number of carbonyl (C=O) groups excluding carboxylic acids is 1. The van der Waals surface area contributed by atoms with Gasteiger partial charge in [0.05, 0.1) is 12.7 Å². The van der Waals surface area contributed by atoms with E-state index in [9.17, 15) is 9.35 Å². The maximum atomic E-state index is 12.5. The summed E-state index contributed by atoms with van der Waals surface area (Å²) in [5.74, 6) is -0.404. The third kappa shape index (κ3) is 2.03. The Kier molecular flexibility index (Phi) is 3.05. The van der Waals surface area contributed by atoms with Gasteiger partial charge in [0.25, 0.3) is 0 Å². The molecule has 0 fully saturated rings. The topological polar surface area (TPSA) is 49.4 Å². The molecule has 2 aromatic rings. The molecule has 1 atom stereocenters. The highest BCUT2D eigenvalue weighted by Gasteiger charge is 2.28. The van der Waals surface area contributed by atoms with Crippen LogP contribution in [-0.4, -0.2) is 17.6 Å². The van der Waals surface area contributed by atoms with Crippen molar-refractivity contribution in [3.05, 3.63) is 59.2 Å². The molecule has 0 saturated heterocycles. The minimum atomic E-state index is -1.23. The lowest BCUT2D eigenvalue weighted by atomic mass is 10.0. The van der Waals surface area contributed by atoms with Crippen molar-refractivity contribution in [3.63, 3.8) is 0 Å². The van der Waals surface area contributed by atoms with Gasteiger partial charge in [-0.05, 0) is 12.1 Å². The standard InChI is InChI=1S/C15H12O3S/c1-18-15(16)12-7-6-11-8-10-4-2-3-5-13(10)19(17)14(11)9-12/h2-7,9H,8H2,1H3. The maximum absolute atomic E-state index is 12.5. The minimum Gasteiger partial charge on any atom is -0.606 e. The normalized spacial score (nSPS) is 16.4. The second-order valence-electron chi connectivity index (χ2n) is 4.37. The summed E-state index contributed by atoms with van der Waals surface area (Å²) in [7, 11) is 1.34. The highest BCUT2D eigenvalue weighted by Crippen LogP contribution is 2.34. The third-order valence-corrected chi connectivity index (χ3v) is 4.82. The quantitative estimate of drug-likeness (QED) is 0.592. The average Bonchev–Trinajstić information content (AvgIpc) is 2.46. The van der Waals surface area contributed by atoms with E-state index >= 15 is 0 Å². The number of rotatable bonds is 1. The van der Waals surface area contributed by atoms with E-state index in [1.165, 1.54) is 7.11 Å². The summed E-state index contributed by atoms with van der Waals surface area (Å²) in [6.07, 6.45) is 0.749. The number of ether oxygens (including phenoxy) is 1. The van der Waals surface area contributed by atoms with Crippen molar-refractivity contribution in [1.82, 2.24) is 0 Å². The molecule has 1 heterocycles. The van der Waals surface area contributed by atoms with Gasteiger partial charge in [-0.15, -0.1) is 0 Å². The predicted molar refractivity (Wildman–Crippen MR) is 71.7 cm³/mol. The second kappa shape index (κ2) is 4.72. The van der Waals surface area contributed by atoms with Crippen LogP contribution in [0.2, 0.25) is 0 Å².